The molecule has 2 amide bonds. The second-order valence-electron chi connectivity index (χ2n) is 4.96. The number of amides is 2. The summed E-state index contributed by atoms with van der Waals surface area (Å²) < 4.78 is 10.5. The Morgan fingerprint density at radius 3 is 2.25 bits per heavy atom. The quantitative estimate of drug-likeness (QED) is 0.714. The Labute approximate surface area is 119 Å². The first kappa shape index (κ1) is 16.7. The number of carboxylic acids is 1. The minimum atomic E-state index is -0.877. The predicted octanol–water partition coefficient (Wildman–Crippen LogP) is 0.543. The first-order chi connectivity index (χ1) is 9.53. The SMILES string of the molecule is CCCC(CNC(=O)N1CC(OC)C(OC)C1)C(=O)O. The molecule has 0 aromatic heterocycles. The van der Waals surface area contributed by atoms with Gasteiger partial charge in [-0.05, 0) is 6.42 Å². The Balaban J connectivity index is 2.45. The topological polar surface area (TPSA) is 88.1 Å². The van der Waals surface area contributed by atoms with E-state index in [-0.39, 0.29) is 24.8 Å². The molecule has 0 aromatic rings. The average molecular weight is 288 g/mol. The second kappa shape index (κ2) is 8.06. The van der Waals surface area contributed by atoms with Gasteiger partial charge in [-0.25, -0.2) is 4.79 Å². The molecule has 0 bridgehead atoms. The molecule has 7 nitrogen and oxygen atoms in total. The van der Waals surface area contributed by atoms with Crippen LogP contribution in [0, 0.1) is 5.92 Å². The van der Waals surface area contributed by atoms with Crippen LogP contribution in [-0.2, 0) is 14.3 Å². The Morgan fingerprint density at radius 2 is 1.85 bits per heavy atom. The van der Waals surface area contributed by atoms with Crippen molar-refractivity contribution in [1.29, 1.82) is 0 Å². The van der Waals surface area contributed by atoms with Crippen molar-refractivity contribution in [3.63, 3.8) is 0 Å². The molecule has 1 fully saturated rings. The number of aliphatic carboxylic acids is 1. The molecule has 1 heterocycles. The smallest absolute Gasteiger partial charge is 0.317 e. The average Bonchev–Trinajstić information content (AvgIpc) is 2.86. The number of ether oxygens (including phenoxy) is 2. The van der Waals surface area contributed by atoms with Crippen molar-refractivity contribution >= 4 is 12.0 Å². The van der Waals surface area contributed by atoms with Gasteiger partial charge in [-0.15, -0.1) is 0 Å². The second-order valence-corrected chi connectivity index (χ2v) is 4.96. The first-order valence-corrected chi connectivity index (χ1v) is 6.84. The lowest BCUT2D eigenvalue weighted by molar-refractivity contribution is -0.141. The molecule has 3 unspecified atom stereocenters. The number of rotatable bonds is 7. The highest BCUT2D eigenvalue weighted by atomic mass is 16.5. The zero-order valence-corrected chi connectivity index (χ0v) is 12.3. The molecule has 0 aliphatic carbocycles. The third kappa shape index (κ3) is 4.35. The molecule has 2 N–H and O–H groups in total. The summed E-state index contributed by atoms with van der Waals surface area (Å²) in [6.07, 6.45) is 1.04. The lowest BCUT2D eigenvalue weighted by Crippen LogP contribution is -2.42. The van der Waals surface area contributed by atoms with Crippen molar-refractivity contribution in [1.82, 2.24) is 10.2 Å². The molecule has 3 atom stereocenters. The van der Waals surface area contributed by atoms with Gasteiger partial charge in [0.05, 0.1) is 19.0 Å². The number of hydrogen-bond acceptors (Lipinski definition) is 4. The highest BCUT2D eigenvalue weighted by Crippen LogP contribution is 2.15. The van der Waals surface area contributed by atoms with Gasteiger partial charge in [0.15, 0.2) is 0 Å². The van der Waals surface area contributed by atoms with E-state index >= 15 is 0 Å². The fraction of sp³-hybridized carbons (Fsp3) is 0.846. The van der Waals surface area contributed by atoms with Crippen molar-refractivity contribution in [3.8, 4) is 0 Å². The minimum Gasteiger partial charge on any atom is -0.481 e. The lowest BCUT2D eigenvalue weighted by Gasteiger charge is -2.18. The van der Waals surface area contributed by atoms with E-state index in [1.165, 1.54) is 0 Å². The lowest BCUT2D eigenvalue weighted by atomic mass is 10.0. The number of methoxy groups -OCH3 is 2. The van der Waals surface area contributed by atoms with E-state index in [2.05, 4.69) is 5.32 Å². The maximum Gasteiger partial charge on any atom is 0.317 e. The molecule has 7 heteroatoms. The first-order valence-electron chi connectivity index (χ1n) is 6.84. The third-order valence-electron chi connectivity index (χ3n) is 3.59. The van der Waals surface area contributed by atoms with Crippen molar-refractivity contribution in [2.75, 3.05) is 33.9 Å². The van der Waals surface area contributed by atoms with Crippen LogP contribution < -0.4 is 5.32 Å². The summed E-state index contributed by atoms with van der Waals surface area (Å²) in [5.41, 5.74) is 0. The summed E-state index contributed by atoms with van der Waals surface area (Å²) in [4.78, 5) is 24.6. The van der Waals surface area contributed by atoms with Crippen molar-refractivity contribution in [2.24, 2.45) is 5.92 Å². The number of carbonyl (C=O) groups excluding carboxylic acids is 1. The van der Waals surface area contributed by atoms with Crippen LogP contribution in [0.2, 0.25) is 0 Å². The van der Waals surface area contributed by atoms with E-state index in [0.29, 0.717) is 19.5 Å². The van der Waals surface area contributed by atoms with Crippen molar-refractivity contribution < 1.29 is 24.2 Å². The molecule has 20 heavy (non-hydrogen) atoms. The highest BCUT2D eigenvalue weighted by molar-refractivity contribution is 5.76. The van der Waals surface area contributed by atoms with Crippen LogP contribution >= 0.6 is 0 Å². The summed E-state index contributed by atoms with van der Waals surface area (Å²) >= 11 is 0. The maximum atomic E-state index is 12.0. The van der Waals surface area contributed by atoms with Gasteiger partial charge >= 0.3 is 12.0 Å². The van der Waals surface area contributed by atoms with Crippen LogP contribution in [0.25, 0.3) is 0 Å². The maximum absolute atomic E-state index is 12.0. The van der Waals surface area contributed by atoms with Gasteiger partial charge in [0.2, 0.25) is 0 Å². The van der Waals surface area contributed by atoms with Crippen molar-refractivity contribution in [3.05, 3.63) is 0 Å². The highest BCUT2D eigenvalue weighted by Gasteiger charge is 2.35. The van der Waals surface area contributed by atoms with E-state index in [4.69, 9.17) is 14.6 Å². The molecule has 0 aromatic carbocycles. The van der Waals surface area contributed by atoms with Crippen LogP contribution in [0.4, 0.5) is 4.79 Å². The Hall–Kier alpha value is -1.34. The number of likely N-dealkylation sites (tertiary alicyclic amines) is 1. The molecule has 0 saturated carbocycles. The Bertz CT molecular complexity index is 325. The third-order valence-corrected chi connectivity index (χ3v) is 3.59. The normalized spacial score (nSPS) is 23.6. The van der Waals surface area contributed by atoms with Crippen LogP contribution in [0.3, 0.4) is 0 Å². The number of nitrogens with one attached hydrogen (secondary N) is 1. The standard InChI is InChI=1S/C13H24N2O5/c1-4-5-9(12(16)17)6-14-13(18)15-7-10(19-2)11(8-15)20-3/h9-11H,4-8H2,1-3H3,(H,14,18)(H,16,17). The molecule has 0 radical (unpaired) electrons. The Morgan fingerprint density at radius 1 is 1.30 bits per heavy atom. The fourth-order valence-corrected chi connectivity index (χ4v) is 2.35. The van der Waals surface area contributed by atoms with Gasteiger partial charge in [0.1, 0.15) is 12.2 Å². The summed E-state index contributed by atoms with van der Waals surface area (Å²) in [5.74, 6) is -1.42. The summed E-state index contributed by atoms with van der Waals surface area (Å²) in [7, 11) is 3.17. The Kier molecular flexibility index (Phi) is 6.74. The van der Waals surface area contributed by atoms with Crippen molar-refractivity contribution in [2.45, 2.75) is 32.0 Å². The van der Waals surface area contributed by atoms with Gasteiger partial charge < -0.3 is 24.8 Å². The largest absolute Gasteiger partial charge is 0.481 e. The predicted molar refractivity (Wildman–Crippen MR) is 72.6 cm³/mol. The van der Waals surface area contributed by atoms with Gasteiger partial charge in [0.25, 0.3) is 0 Å². The van der Waals surface area contributed by atoms with Gasteiger partial charge in [0, 0.05) is 20.8 Å². The number of hydrogen-bond donors (Lipinski definition) is 2. The van der Waals surface area contributed by atoms with Gasteiger partial charge in [-0.1, -0.05) is 13.3 Å². The van der Waals surface area contributed by atoms with Crippen LogP contribution in [-0.4, -0.2) is 68.1 Å². The van der Waals surface area contributed by atoms with E-state index < -0.39 is 11.9 Å². The number of carbonyl (C=O) groups is 2. The molecule has 0 spiro atoms. The molecular formula is C13H24N2O5. The summed E-state index contributed by atoms with van der Waals surface area (Å²) in [6, 6.07) is -0.269. The number of carboxylic acid groups (broad SMARTS) is 1. The zero-order valence-electron chi connectivity index (χ0n) is 12.3. The molecule has 1 aliphatic rings. The summed E-state index contributed by atoms with van der Waals surface area (Å²) in [6.45, 7) is 2.97. The molecular weight excluding hydrogens is 264 g/mol. The van der Waals surface area contributed by atoms with E-state index in [1.807, 2.05) is 6.92 Å². The van der Waals surface area contributed by atoms with Crippen LogP contribution in [0.1, 0.15) is 19.8 Å². The zero-order chi connectivity index (χ0) is 15.1. The molecule has 1 saturated heterocycles. The van der Waals surface area contributed by atoms with Gasteiger partial charge in [-0.2, -0.15) is 0 Å². The number of nitrogens with zero attached hydrogens (tertiary/aromatic N) is 1. The molecule has 116 valence electrons. The molecule has 1 rings (SSSR count). The van der Waals surface area contributed by atoms with Crippen LogP contribution in [0.15, 0.2) is 0 Å². The van der Waals surface area contributed by atoms with Crippen LogP contribution in [0.5, 0.6) is 0 Å². The monoisotopic (exact) mass is 288 g/mol. The minimum absolute atomic E-state index is 0.142. The fourth-order valence-electron chi connectivity index (χ4n) is 2.35. The molecule has 1 aliphatic heterocycles. The van der Waals surface area contributed by atoms with E-state index in [9.17, 15) is 9.59 Å². The summed E-state index contributed by atoms with van der Waals surface area (Å²) in [5, 5.41) is 11.7. The number of urea groups is 1. The van der Waals surface area contributed by atoms with E-state index in [1.54, 1.807) is 19.1 Å². The van der Waals surface area contributed by atoms with Gasteiger partial charge in [-0.3, -0.25) is 4.79 Å². The van der Waals surface area contributed by atoms with E-state index in [0.717, 1.165) is 6.42 Å².